The molecule has 1 atom stereocenters. The van der Waals surface area contributed by atoms with Gasteiger partial charge in [0.05, 0.1) is 13.2 Å². The van der Waals surface area contributed by atoms with Crippen molar-refractivity contribution < 1.29 is 9.53 Å². The molecule has 1 aromatic carbocycles. The summed E-state index contributed by atoms with van der Waals surface area (Å²) in [4.78, 5) is 16.5. The molecule has 22 heavy (non-hydrogen) atoms. The Hall–Kier alpha value is -1.59. The molecular formula is C17H27N3O2. The fourth-order valence-electron chi connectivity index (χ4n) is 2.87. The largest absolute Gasteiger partial charge is 0.496 e. The van der Waals surface area contributed by atoms with Gasteiger partial charge in [0, 0.05) is 38.3 Å². The normalized spacial score (nSPS) is 17.3. The number of rotatable bonds is 6. The van der Waals surface area contributed by atoms with Crippen molar-refractivity contribution in [2.24, 2.45) is 5.73 Å². The summed E-state index contributed by atoms with van der Waals surface area (Å²) in [6.07, 6.45) is 1.71. The molecule has 1 aliphatic rings. The standard InChI is InChI=1S/C17H27N3O2/c1-3-6-15(18)17(21)20-11-9-19(10-12-20)13-14-7-4-5-8-16(14)22-2/h4-5,7-8,15H,3,6,9-13,18H2,1-2H3. The van der Waals surface area contributed by atoms with Crippen LogP contribution in [-0.2, 0) is 11.3 Å². The van der Waals surface area contributed by atoms with Crippen molar-refractivity contribution in [3.05, 3.63) is 29.8 Å². The van der Waals surface area contributed by atoms with E-state index in [4.69, 9.17) is 10.5 Å². The maximum atomic E-state index is 12.2. The summed E-state index contributed by atoms with van der Waals surface area (Å²) >= 11 is 0. The number of nitrogens with two attached hydrogens (primary N) is 1. The molecule has 1 amide bonds. The maximum Gasteiger partial charge on any atom is 0.239 e. The van der Waals surface area contributed by atoms with Crippen LogP contribution in [0.15, 0.2) is 24.3 Å². The van der Waals surface area contributed by atoms with Gasteiger partial charge in [-0.1, -0.05) is 31.5 Å². The van der Waals surface area contributed by atoms with Crippen molar-refractivity contribution in [3.63, 3.8) is 0 Å². The minimum absolute atomic E-state index is 0.0961. The minimum atomic E-state index is -0.342. The van der Waals surface area contributed by atoms with Crippen LogP contribution in [-0.4, -0.2) is 55.0 Å². The third-order valence-electron chi connectivity index (χ3n) is 4.19. The molecule has 2 N–H and O–H groups in total. The van der Waals surface area contributed by atoms with Gasteiger partial charge in [0.1, 0.15) is 5.75 Å². The number of carbonyl (C=O) groups is 1. The molecule has 0 spiro atoms. The van der Waals surface area contributed by atoms with Gasteiger partial charge in [-0.2, -0.15) is 0 Å². The van der Waals surface area contributed by atoms with E-state index in [0.717, 1.165) is 51.3 Å². The van der Waals surface area contributed by atoms with Crippen molar-refractivity contribution in [2.75, 3.05) is 33.3 Å². The third kappa shape index (κ3) is 4.21. The maximum absolute atomic E-state index is 12.2. The predicted molar refractivity (Wildman–Crippen MR) is 87.7 cm³/mol. The number of methoxy groups -OCH3 is 1. The Morgan fingerprint density at radius 2 is 1.95 bits per heavy atom. The summed E-state index contributed by atoms with van der Waals surface area (Å²) in [5.41, 5.74) is 7.12. The number of hydrogen-bond acceptors (Lipinski definition) is 4. The molecule has 1 unspecified atom stereocenters. The summed E-state index contributed by atoms with van der Waals surface area (Å²) in [5.74, 6) is 1.02. The van der Waals surface area contributed by atoms with Crippen LogP contribution in [0.3, 0.4) is 0 Å². The van der Waals surface area contributed by atoms with Crippen LogP contribution in [0, 0.1) is 0 Å². The third-order valence-corrected chi connectivity index (χ3v) is 4.19. The molecule has 0 radical (unpaired) electrons. The zero-order valence-electron chi connectivity index (χ0n) is 13.6. The van der Waals surface area contributed by atoms with Crippen molar-refractivity contribution >= 4 is 5.91 Å². The van der Waals surface area contributed by atoms with Gasteiger partial charge in [0.15, 0.2) is 0 Å². The van der Waals surface area contributed by atoms with Crippen molar-refractivity contribution in [3.8, 4) is 5.75 Å². The van der Waals surface area contributed by atoms with Crippen molar-refractivity contribution in [2.45, 2.75) is 32.4 Å². The highest BCUT2D eigenvalue weighted by Crippen LogP contribution is 2.20. The number of ether oxygens (including phenoxy) is 1. The number of benzene rings is 1. The Kier molecular flexibility index (Phi) is 6.21. The van der Waals surface area contributed by atoms with E-state index >= 15 is 0 Å². The second-order valence-electron chi connectivity index (χ2n) is 5.81. The van der Waals surface area contributed by atoms with Gasteiger partial charge in [-0.05, 0) is 12.5 Å². The van der Waals surface area contributed by atoms with E-state index in [0.29, 0.717) is 0 Å². The Bertz CT molecular complexity index is 485. The van der Waals surface area contributed by atoms with Gasteiger partial charge in [-0.25, -0.2) is 0 Å². The second-order valence-corrected chi connectivity index (χ2v) is 5.81. The highest BCUT2D eigenvalue weighted by atomic mass is 16.5. The van der Waals surface area contributed by atoms with E-state index in [1.165, 1.54) is 5.56 Å². The smallest absolute Gasteiger partial charge is 0.239 e. The minimum Gasteiger partial charge on any atom is -0.496 e. The topological polar surface area (TPSA) is 58.8 Å². The zero-order valence-corrected chi connectivity index (χ0v) is 13.6. The van der Waals surface area contributed by atoms with E-state index in [1.807, 2.05) is 23.1 Å². The van der Waals surface area contributed by atoms with Crippen LogP contribution in [0.5, 0.6) is 5.75 Å². The van der Waals surface area contributed by atoms with Gasteiger partial charge in [0.25, 0.3) is 0 Å². The SMILES string of the molecule is CCCC(N)C(=O)N1CCN(Cc2ccccc2OC)CC1. The Morgan fingerprint density at radius 1 is 1.27 bits per heavy atom. The highest BCUT2D eigenvalue weighted by molar-refractivity contribution is 5.81. The monoisotopic (exact) mass is 305 g/mol. The lowest BCUT2D eigenvalue weighted by Crippen LogP contribution is -2.52. The van der Waals surface area contributed by atoms with Crippen LogP contribution < -0.4 is 10.5 Å². The molecule has 122 valence electrons. The lowest BCUT2D eigenvalue weighted by atomic mass is 10.1. The summed E-state index contributed by atoms with van der Waals surface area (Å²) in [5, 5.41) is 0. The van der Waals surface area contributed by atoms with E-state index in [1.54, 1.807) is 7.11 Å². The second kappa shape index (κ2) is 8.15. The van der Waals surface area contributed by atoms with E-state index in [9.17, 15) is 4.79 Å². The first kappa shape index (κ1) is 16.8. The highest BCUT2D eigenvalue weighted by Gasteiger charge is 2.25. The van der Waals surface area contributed by atoms with Crippen LogP contribution in [0.4, 0.5) is 0 Å². The molecule has 0 aliphatic carbocycles. The summed E-state index contributed by atoms with van der Waals surface area (Å²) in [6.45, 7) is 6.17. The number of nitrogens with zero attached hydrogens (tertiary/aromatic N) is 2. The number of piperazine rings is 1. The van der Waals surface area contributed by atoms with Crippen LogP contribution >= 0.6 is 0 Å². The zero-order chi connectivity index (χ0) is 15.9. The van der Waals surface area contributed by atoms with E-state index in [-0.39, 0.29) is 11.9 Å². The molecule has 0 saturated carbocycles. The van der Waals surface area contributed by atoms with Crippen LogP contribution in [0.2, 0.25) is 0 Å². The molecule has 1 heterocycles. The molecule has 0 aromatic heterocycles. The lowest BCUT2D eigenvalue weighted by molar-refractivity contribution is -0.134. The molecule has 5 nitrogen and oxygen atoms in total. The van der Waals surface area contributed by atoms with E-state index in [2.05, 4.69) is 17.9 Å². The quantitative estimate of drug-likeness (QED) is 0.864. The number of amides is 1. The van der Waals surface area contributed by atoms with Crippen molar-refractivity contribution in [1.29, 1.82) is 0 Å². The van der Waals surface area contributed by atoms with Gasteiger partial charge in [-0.15, -0.1) is 0 Å². The van der Waals surface area contributed by atoms with Crippen LogP contribution in [0.1, 0.15) is 25.3 Å². The van der Waals surface area contributed by atoms with Crippen LogP contribution in [0.25, 0.3) is 0 Å². The number of carbonyl (C=O) groups excluding carboxylic acids is 1. The first-order chi connectivity index (χ1) is 10.7. The average Bonchev–Trinajstić information content (AvgIpc) is 2.55. The van der Waals surface area contributed by atoms with Gasteiger partial charge >= 0.3 is 0 Å². The molecule has 1 saturated heterocycles. The Labute approximate surface area is 133 Å². The average molecular weight is 305 g/mol. The summed E-state index contributed by atoms with van der Waals surface area (Å²) in [6, 6.07) is 7.74. The summed E-state index contributed by atoms with van der Waals surface area (Å²) in [7, 11) is 1.70. The lowest BCUT2D eigenvalue weighted by Gasteiger charge is -2.36. The van der Waals surface area contributed by atoms with Crippen molar-refractivity contribution in [1.82, 2.24) is 9.80 Å². The number of para-hydroxylation sites is 1. The Morgan fingerprint density at radius 3 is 2.59 bits per heavy atom. The fraction of sp³-hybridized carbons (Fsp3) is 0.588. The molecular weight excluding hydrogens is 278 g/mol. The molecule has 1 fully saturated rings. The predicted octanol–water partition coefficient (Wildman–Crippen LogP) is 1.47. The van der Waals surface area contributed by atoms with Gasteiger partial charge in [-0.3, -0.25) is 9.69 Å². The van der Waals surface area contributed by atoms with Gasteiger partial charge in [0.2, 0.25) is 5.91 Å². The first-order valence-electron chi connectivity index (χ1n) is 8.04. The summed E-state index contributed by atoms with van der Waals surface area (Å²) < 4.78 is 5.40. The van der Waals surface area contributed by atoms with E-state index < -0.39 is 0 Å². The fourth-order valence-corrected chi connectivity index (χ4v) is 2.87. The molecule has 5 heteroatoms. The molecule has 1 aliphatic heterocycles. The number of hydrogen-bond donors (Lipinski definition) is 1. The molecule has 0 bridgehead atoms. The molecule has 2 rings (SSSR count). The van der Waals surface area contributed by atoms with Gasteiger partial charge < -0.3 is 15.4 Å². The molecule has 1 aromatic rings. The Balaban J connectivity index is 1.86. The first-order valence-corrected chi connectivity index (χ1v) is 8.04.